The quantitative estimate of drug-likeness (QED) is 0.390. The highest BCUT2D eigenvalue weighted by Crippen LogP contribution is 1.92. The maximum atomic E-state index is 11.1. The zero-order chi connectivity index (χ0) is 10.5. The van der Waals surface area contributed by atoms with E-state index in [1.807, 2.05) is 35.0 Å². The summed E-state index contributed by atoms with van der Waals surface area (Å²) in [4.78, 5) is 11.1. The first-order valence-corrected chi connectivity index (χ1v) is 4.57. The molecule has 0 aliphatic rings. The molecule has 0 saturated carbocycles. The number of nitrogens with one attached hydrogen (secondary N) is 1. The third-order valence-electron chi connectivity index (χ3n) is 1.28. The Bertz CT molecular complexity index is 161. The lowest BCUT2D eigenvalue weighted by molar-refractivity contribution is -0.915. The molecule has 0 saturated heterocycles. The predicted octanol–water partition coefficient (Wildman–Crippen LogP) is 0.539. The second kappa shape index (κ2) is 5.19. The van der Waals surface area contributed by atoms with Gasteiger partial charge in [0.25, 0.3) is 0 Å². The molecule has 78 valence electrons. The lowest BCUT2D eigenvalue weighted by Gasteiger charge is -2.23. The van der Waals surface area contributed by atoms with Crippen LogP contribution in [0.15, 0.2) is 0 Å². The average molecular weight is 189 g/mol. The Morgan fingerprint density at radius 3 is 2.31 bits per heavy atom. The Kier molecular flexibility index (Phi) is 4.95. The summed E-state index contributed by atoms with van der Waals surface area (Å²) in [5, 5.41) is 0. The molecule has 0 aliphatic carbocycles. The van der Waals surface area contributed by atoms with E-state index in [1.54, 1.807) is 0 Å². The van der Waals surface area contributed by atoms with Gasteiger partial charge in [-0.25, -0.2) is 0 Å². The number of ether oxygens (including phenoxy) is 1. The minimum Gasteiger partial charge on any atom is -0.463 e. The van der Waals surface area contributed by atoms with Crippen LogP contribution in [0.2, 0.25) is 0 Å². The van der Waals surface area contributed by atoms with Crippen molar-refractivity contribution in [1.29, 1.82) is 0 Å². The summed E-state index contributed by atoms with van der Waals surface area (Å²) in [5.74, 6) is -0.143. The molecule has 0 aromatic heterocycles. The van der Waals surface area contributed by atoms with Gasteiger partial charge in [-0.1, -0.05) is 0 Å². The van der Waals surface area contributed by atoms with Gasteiger partial charge >= 0.3 is 5.97 Å². The molecule has 13 heavy (non-hydrogen) atoms. The summed E-state index contributed by atoms with van der Waals surface area (Å²) in [6.45, 7) is 4.35. The summed E-state index contributed by atoms with van der Waals surface area (Å²) >= 11 is 0. The van der Waals surface area contributed by atoms with Crippen LogP contribution in [0.25, 0.3) is 0 Å². The van der Waals surface area contributed by atoms with Crippen molar-refractivity contribution in [3.8, 4) is 0 Å². The van der Waals surface area contributed by atoms with Gasteiger partial charge in [0.1, 0.15) is 0 Å². The fourth-order valence-electron chi connectivity index (χ4n) is 0.815. The minimum absolute atomic E-state index is 0.0170. The Balaban J connectivity index is 3.49. The van der Waals surface area contributed by atoms with Crippen LogP contribution in [0.1, 0.15) is 20.3 Å². The second-order valence-corrected chi connectivity index (χ2v) is 4.21. The van der Waals surface area contributed by atoms with E-state index in [9.17, 15) is 4.79 Å². The Hall–Kier alpha value is -0.610. The third-order valence-corrected chi connectivity index (χ3v) is 1.28. The highest BCUT2D eigenvalue weighted by molar-refractivity contribution is 5.69. The van der Waals surface area contributed by atoms with Crippen molar-refractivity contribution in [3.05, 3.63) is 0 Å². The number of hydrogen-bond donors (Lipinski definition) is 1. The highest BCUT2D eigenvalue weighted by Gasteiger charge is 2.09. The van der Waals surface area contributed by atoms with Gasteiger partial charge in [0.15, 0.2) is 0 Å². The van der Waals surface area contributed by atoms with Crippen molar-refractivity contribution in [2.24, 2.45) is 0 Å². The Morgan fingerprint density at radius 2 is 1.92 bits per heavy atom. The molecule has 1 N–H and O–H groups in total. The predicted molar refractivity (Wildman–Crippen MR) is 51.9 cm³/mol. The third kappa shape index (κ3) is 9.30. The number of hydrogen-bond acceptors (Lipinski definition) is 3. The van der Waals surface area contributed by atoms with Crippen LogP contribution < -0.4 is 5.43 Å². The molecule has 0 bridgehead atoms. The van der Waals surface area contributed by atoms with Gasteiger partial charge < -0.3 is 4.74 Å². The molecule has 0 aromatic rings. The van der Waals surface area contributed by atoms with E-state index in [1.165, 1.54) is 0 Å². The monoisotopic (exact) mass is 189 g/mol. The number of quaternary nitrogens is 1. The lowest BCUT2D eigenvalue weighted by Crippen LogP contribution is -2.48. The molecular weight excluding hydrogens is 168 g/mol. The molecule has 0 aromatic carbocycles. The molecule has 0 radical (unpaired) electrons. The van der Waals surface area contributed by atoms with Crippen molar-refractivity contribution in [3.63, 3.8) is 0 Å². The Labute approximate surface area is 80.4 Å². The number of esters is 1. The van der Waals surface area contributed by atoms with Gasteiger partial charge in [0, 0.05) is 0 Å². The van der Waals surface area contributed by atoms with Gasteiger partial charge in [-0.3, -0.25) is 9.39 Å². The summed E-state index contributed by atoms with van der Waals surface area (Å²) in [7, 11) is 6.02. The first kappa shape index (κ1) is 12.4. The number of rotatable bonds is 5. The SMILES string of the molecule is CC(C)OC(=O)CCN[N+](C)(C)C. The summed E-state index contributed by atoms with van der Waals surface area (Å²) in [6, 6.07) is 0. The second-order valence-electron chi connectivity index (χ2n) is 4.21. The first-order valence-electron chi connectivity index (χ1n) is 4.57. The van der Waals surface area contributed by atoms with E-state index < -0.39 is 0 Å². The van der Waals surface area contributed by atoms with Gasteiger partial charge in [-0.2, -0.15) is 5.43 Å². The van der Waals surface area contributed by atoms with Crippen molar-refractivity contribution < 1.29 is 14.1 Å². The molecule has 0 heterocycles. The standard InChI is InChI=1S/C9H21N2O2/c1-8(2)13-9(12)6-7-10-11(3,4)5/h8,10H,6-7H2,1-5H3/q+1. The summed E-state index contributed by atoms with van der Waals surface area (Å²) in [6.07, 6.45) is 0.407. The number of carbonyl (C=O) groups excluding carboxylic acids is 1. The molecule has 0 rings (SSSR count). The average Bonchev–Trinajstić information content (AvgIpc) is 1.81. The van der Waals surface area contributed by atoms with Crippen LogP contribution >= 0.6 is 0 Å². The smallest absolute Gasteiger partial charge is 0.307 e. The van der Waals surface area contributed by atoms with Gasteiger partial charge in [0.05, 0.1) is 40.2 Å². The van der Waals surface area contributed by atoms with Gasteiger partial charge in [0.2, 0.25) is 0 Å². The molecule has 4 nitrogen and oxygen atoms in total. The summed E-state index contributed by atoms with van der Waals surface area (Å²) in [5.41, 5.74) is 3.16. The van der Waals surface area contributed by atoms with Crippen LogP contribution in [-0.4, -0.2) is 44.4 Å². The van der Waals surface area contributed by atoms with Gasteiger partial charge in [-0.05, 0) is 13.8 Å². The molecular formula is C9H21N2O2+. The largest absolute Gasteiger partial charge is 0.463 e. The Morgan fingerprint density at radius 1 is 1.38 bits per heavy atom. The zero-order valence-electron chi connectivity index (χ0n) is 9.26. The molecule has 0 spiro atoms. The lowest BCUT2D eigenvalue weighted by atomic mass is 10.4. The van der Waals surface area contributed by atoms with Crippen LogP contribution in [0.5, 0.6) is 0 Å². The molecule has 0 amide bonds. The normalized spacial score (nSPS) is 11.8. The molecule has 4 heteroatoms. The van der Waals surface area contributed by atoms with E-state index in [-0.39, 0.29) is 12.1 Å². The van der Waals surface area contributed by atoms with Crippen LogP contribution in [0.3, 0.4) is 0 Å². The van der Waals surface area contributed by atoms with E-state index in [0.717, 1.165) is 0 Å². The fraction of sp³-hybridized carbons (Fsp3) is 0.889. The van der Waals surface area contributed by atoms with E-state index in [0.29, 0.717) is 17.6 Å². The van der Waals surface area contributed by atoms with E-state index in [4.69, 9.17) is 4.74 Å². The maximum absolute atomic E-state index is 11.1. The molecule has 0 fully saturated rings. The number of carbonyl (C=O) groups is 1. The van der Waals surface area contributed by atoms with Crippen LogP contribution in [0, 0.1) is 0 Å². The first-order chi connectivity index (χ1) is 5.81. The topological polar surface area (TPSA) is 38.3 Å². The van der Waals surface area contributed by atoms with Crippen LogP contribution in [-0.2, 0) is 9.53 Å². The van der Waals surface area contributed by atoms with Crippen molar-refractivity contribution in [2.75, 3.05) is 27.7 Å². The highest BCUT2D eigenvalue weighted by atomic mass is 16.5. The molecule has 0 atom stereocenters. The molecule has 0 aliphatic heterocycles. The van der Waals surface area contributed by atoms with Crippen LogP contribution in [0.4, 0.5) is 0 Å². The fourth-order valence-corrected chi connectivity index (χ4v) is 0.815. The molecule has 0 unspecified atom stereocenters. The van der Waals surface area contributed by atoms with Crippen molar-refractivity contribution >= 4 is 5.97 Å². The number of nitrogens with zero attached hydrogens (tertiary/aromatic N) is 1. The minimum atomic E-state index is -0.143. The van der Waals surface area contributed by atoms with Crippen molar-refractivity contribution in [1.82, 2.24) is 5.43 Å². The van der Waals surface area contributed by atoms with E-state index >= 15 is 0 Å². The van der Waals surface area contributed by atoms with Crippen molar-refractivity contribution in [2.45, 2.75) is 26.4 Å². The van der Waals surface area contributed by atoms with E-state index in [2.05, 4.69) is 5.43 Å². The maximum Gasteiger partial charge on any atom is 0.307 e. The van der Waals surface area contributed by atoms with Gasteiger partial charge in [-0.15, -0.1) is 0 Å². The summed E-state index contributed by atoms with van der Waals surface area (Å²) < 4.78 is 5.63. The zero-order valence-corrected chi connectivity index (χ0v) is 9.26.